The quantitative estimate of drug-likeness (QED) is 0.587. The molecule has 2 saturated heterocycles. The summed E-state index contributed by atoms with van der Waals surface area (Å²) in [5, 5.41) is 0.514. The molecule has 0 saturated carbocycles. The molecule has 102 valence electrons. The Morgan fingerprint density at radius 2 is 1.70 bits per heavy atom. The third kappa shape index (κ3) is 1.41. The second-order valence-corrected chi connectivity index (χ2v) is 5.88. The normalized spacial score (nSPS) is 34.2. The number of halogens is 1. The lowest BCUT2D eigenvalue weighted by Gasteiger charge is -2.19. The highest BCUT2D eigenvalue weighted by Gasteiger charge is 2.61. The van der Waals surface area contributed by atoms with Crippen LogP contribution in [0.15, 0.2) is 30.4 Å². The highest BCUT2D eigenvalue weighted by molar-refractivity contribution is 6.31. The molecule has 4 atom stereocenters. The molecule has 4 unspecified atom stereocenters. The van der Waals surface area contributed by atoms with Gasteiger partial charge in [-0.15, -0.1) is 0 Å². The molecule has 4 rings (SSSR count). The Morgan fingerprint density at radius 3 is 2.30 bits per heavy atom. The van der Waals surface area contributed by atoms with Gasteiger partial charge in [-0.1, -0.05) is 29.8 Å². The Morgan fingerprint density at radius 1 is 1.10 bits per heavy atom. The number of imide groups is 1. The number of rotatable bonds is 1. The van der Waals surface area contributed by atoms with Crippen LogP contribution in [-0.2, 0) is 14.3 Å². The van der Waals surface area contributed by atoms with E-state index in [0.29, 0.717) is 10.7 Å². The molecule has 20 heavy (non-hydrogen) atoms. The fourth-order valence-electron chi connectivity index (χ4n) is 3.36. The third-order valence-corrected chi connectivity index (χ3v) is 4.56. The van der Waals surface area contributed by atoms with Gasteiger partial charge in [0.1, 0.15) is 0 Å². The number of amides is 2. The molecular weight excluding hydrogens is 278 g/mol. The lowest BCUT2D eigenvalue weighted by atomic mass is 9.85. The number of hydrogen-bond acceptors (Lipinski definition) is 3. The average Bonchev–Trinajstić information content (AvgIpc) is 3.08. The molecule has 0 N–H and O–H groups in total. The van der Waals surface area contributed by atoms with Gasteiger partial charge in [-0.3, -0.25) is 9.59 Å². The van der Waals surface area contributed by atoms with Crippen LogP contribution in [0.1, 0.15) is 5.56 Å². The molecule has 3 heterocycles. The number of carbonyl (C=O) groups excluding carboxylic acids is 2. The van der Waals surface area contributed by atoms with Gasteiger partial charge in [0.05, 0.1) is 29.7 Å². The highest BCUT2D eigenvalue weighted by atomic mass is 35.5. The van der Waals surface area contributed by atoms with Gasteiger partial charge in [-0.25, -0.2) is 4.90 Å². The second kappa shape index (κ2) is 3.93. The fraction of sp³-hybridized carbons (Fsp3) is 0.333. The number of aryl methyl sites for hydroxylation is 1. The lowest BCUT2D eigenvalue weighted by Crippen LogP contribution is -2.34. The van der Waals surface area contributed by atoms with Crippen LogP contribution in [0.2, 0.25) is 5.02 Å². The van der Waals surface area contributed by atoms with Crippen molar-refractivity contribution in [3.05, 3.63) is 40.9 Å². The topological polar surface area (TPSA) is 46.6 Å². The van der Waals surface area contributed by atoms with Crippen LogP contribution in [0.3, 0.4) is 0 Å². The monoisotopic (exact) mass is 289 g/mol. The molecule has 4 nitrogen and oxygen atoms in total. The highest BCUT2D eigenvalue weighted by Crippen LogP contribution is 2.46. The summed E-state index contributed by atoms with van der Waals surface area (Å²) in [5.41, 5.74) is 1.44. The van der Waals surface area contributed by atoms with Gasteiger partial charge in [-0.05, 0) is 24.6 Å². The number of ether oxygens (including phenoxy) is 1. The molecule has 3 aliphatic rings. The van der Waals surface area contributed by atoms with Crippen LogP contribution < -0.4 is 4.90 Å². The molecule has 1 aromatic carbocycles. The number of nitrogens with zero attached hydrogens (tertiary/aromatic N) is 1. The molecule has 2 fully saturated rings. The van der Waals surface area contributed by atoms with E-state index in [2.05, 4.69) is 0 Å². The van der Waals surface area contributed by atoms with Crippen LogP contribution in [0, 0.1) is 18.8 Å². The Kier molecular flexibility index (Phi) is 2.38. The van der Waals surface area contributed by atoms with E-state index >= 15 is 0 Å². The summed E-state index contributed by atoms with van der Waals surface area (Å²) in [4.78, 5) is 26.5. The van der Waals surface area contributed by atoms with E-state index in [4.69, 9.17) is 16.3 Å². The van der Waals surface area contributed by atoms with Gasteiger partial charge < -0.3 is 4.74 Å². The third-order valence-electron chi connectivity index (χ3n) is 4.32. The van der Waals surface area contributed by atoms with Crippen LogP contribution >= 0.6 is 11.6 Å². The van der Waals surface area contributed by atoms with E-state index < -0.39 is 0 Å². The van der Waals surface area contributed by atoms with E-state index in [-0.39, 0.29) is 35.9 Å². The fourth-order valence-corrected chi connectivity index (χ4v) is 3.53. The zero-order chi connectivity index (χ0) is 14.0. The molecule has 2 amide bonds. The molecule has 0 radical (unpaired) electrons. The minimum Gasteiger partial charge on any atom is -0.365 e. The molecule has 0 aliphatic carbocycles. The van der Waals surface area contributed by atoms with Crippen molar-refractivity contribution in [1.29, 1.82) is 0 Å². The maximum absolute atomic E-state index is 12.6. The molecule has 3 aliphatic heterocycles. The molecule has 0 aromatic heterocycles. The van der Waals surface area contributed by atoms with Crippen molar-refractivity contribution >= 4 is 29.1 Å². The van der Waals surface area contributed by atoms with Crippen LogP contribution in [0.5, 0.6) is 0 Å². The summed E-state index contributed by atoms with van der Waals surface area (Å²) >= 11 is 5.99. The summed E-state index contributed by atoms with van der Waals surface area (Å²) in [6, 6.07) is 5.24. The first kappa shape index (κ1) is 12.1. The molecular formula is C15H12ClNO3. The number of fused-ring (bicyclic) bond motifs is 5. The van der Waals surface area contributed by atoms with E-state index in [9.17, 15) is 9.59 Å². The predicted molar refractivity (Wildman–Crippen MR) is 73.5 cm³/mol. The van der Waals surface area contributed by atoms with E-state index in [1.165, 1.54) is 4.90 Å². The molecule has 5 heteroatoms. The second-order valence-electron chi connectivity index (χ2n) is 5.44. The van der Waals surface area contributed by atoms with Gasteiger partial charge in [0, 0.05) is 5.02 Å². The molecule has 1 aromatic rings. The zero-order valence-corrected chi connectivity index (χ0v) is 11.5. The summed E-state index contributed by atoms with van der Waals surface area (Å²) in [7, 11) is 0. The van der Waals surface area contributed by atoms with Gasteiger partial charge in [0.2, 0.25) is 11.8 Å². The number of hydrogen-bond donors (Lipinski definition) is 0. The van der Waals surface area contributed by atoms with Crippen molar-refractivity contribution in [2.24, 2.45) is 11.8 Å². The minimum absolute atomic E-state index is 0.179. The van der Waals surface area contributed by atoms with Gasteiger partial charge in [-0.2, -0.15) is 0 Å². The van der Waals surface area contributed by atoms with Crippen molar-refractivity contribution in [3.8, 4) is 0 Å². The van der Waals surface area contributed by atoms with Crippen LogP contribution in [-0.4, -0.2) is 24.0 Å². The van der Waals surface area contributed by atoms with E-state index in [0.717, 1.165) is 5.56 Å². The molecule has 0 spiro atoms. The van der Waals surface area contributed by atoms with Crippen molar-refractivity contribution in [2.45, 2.75) is 19.1 Å². The van der Waals surface area contributed by atoms with Crippen molar-refractivity contribution < 1.29 is 14.3 Å². The molecule has 2 bridgehead atoms. The largest absolute Gasteiger partial charge is 0.365 e. The average molecular weight is 290 g/mol. The zero-order valence-electron chi connectivity index (χ0n) is 10.7. The van der Waals surface area contributed by atoms with E-state index in [1.807, 2.05) is 25.1 Å². The van der Waals surface area contributed by atoms with Crippen molar-refractivity contribution in [1.82, 2.24) is 0 Å². The van der Waals surface area contributed by atoms with Crippen LogP contribution in [0.25, 0.3) is 0 Å². The number of benzene rings is 1. The van der Waals surface area contributed by atoms with Gasteiger partial charge in [0.25, 0.3) is 0 Å². The predicted octanol–water partition coefficient (Wildman–Crippen LogP) is 2.09. The van der Waals surface area contributed by atoms with Gasteiger partial charge in [0.15, 0.2) is 0 Å². The summed E-state index contributed by atoms with van der Waals surface area (Å²) < 4.78 is 5.61. The van der Waals surface area contributed by atoms with Crippen molar-refractivity contribution in [2.75, 3.05) is 4.90 Å². The summed E-state index contributed by atoms with van der Waals surface area (Å²) in [5.74, 6) is -1.11. The van der Waals surface area contributed by atoms with Crippen LogP contribution in [0.4, 0.5) is 5.69 Å². The Balaban J connectivity index is 1.80. The minimum atomic E-state index is -0.379. The maximum Gasteiger partial charge on any atom is 0.240 e. The first-order valence-corrected chi connectivity index (χ1v) is 6.93. The standard InChI is InChI=1S/C15H12ClNO3/c1-7-2-3-8(16)6-9(7)17-14(18)12-10-4-5-11(20-10)13(12)15(17)19/h2-6,10-13H,1H3. The first-order valence-electron chi connectivity index (χ1n) is 6.55. The van der Waals surface area contributed by atoms with E-state index in [1.54, 1.807) is 12.1 Å². The number of anilines is 1. The maximum atomic E-state index is 12.6. The summed E-state index contributed by atoms with van der Waals surface area (Å²) in [6.07, 6.45) is 3.24. The SMILES string of the molecule is Cc1ccc(Cl)cc1N1C(=O)C2C3C=CC(O3)C2C1=O. The van der Waals surface area contributed by atoms with Gasteiger partial charge >= 0.3 is 0 Å². The Bertz CT molecular complexity index is 639. The smallest absolute Gasteiger partial charge is 0.240 e. The summed E-state index contributed by atoms with van der Waals surface area (Å²) in [6.45, 7) is 1.86. The Labute approximate surface area is 121 Å². The van der Waals surface area contributed by atoms with Crippen molar-refractivity contribution in [3.63, 3.8) is 0 Å². The number of carbonyl (C=O) groups is 2. The Hall–Kier alpha value is -1.65. The first-order chi connectivity index (χ1) is 9.58. The lowest BCUT2D eigenvalue weighted by molar-refractivity contribution is -0.124.